The zero-order chi connectivity index (χ0) is 19.9. The lowest BCUT2D eigenvalue weighted by molar-refractivity contribution is -0.137. The molecule has 10 heteroatoms. The van der Waals surface area contributed by atoms with Gasteiger partial charge >= 0.3 is 16.7 Å². The molecule has 5 nitrogen and oxygen atoms in total. The minimum absolute atomic E-state index is 0.00735. The van der Waals surface area contributed by atoms with Crippen LogP contribution >= 0.6 is 11.6 Å². The summed E-state index contributed by atoms with van der Waals surface area (Å²) in [4.78, 5) is 5.14. The molecular formula is C16H14ClF3N2O3S. The molecule has 0 saturated carbocycles. The van der Waals surface area contributed by atoms with E-state index in [1.807, 2.05) is 0 Å². The third-order valence-electron chi connectivity index (χ3n) is 2.97. The summed E-state index contributed by atoms with van der Waals surface area (Å²) in [5, 5.41) is 4.30. The lowest BCUT2D eigenvalue weighted by Gasteiger charge is -2.13. The number of rotatable bonds is 3. The fourth-order valence-electron chi connectivity index (χ4n) is 1.87. The molecule has 0 saturated heterocycles. The van der Waals surface area contributed by atoms with Crippen LogP contribution in [0.25, 0.3) is 0 Å². The molecule has 140 valence electrons. The molecule has 0 amide bonds. The average molecular weight is 407 g/mol. The Kier molecular flexibility index (Phi) is 7.78. The van der Waals surface area contributed by atoms with Crippen molar-refractivity contribution in [2.45, 2.75) is 20.0 Å². The molecule has 2 rings (SSSR count). The summed E-state index contributed by atoms with van der Waals surface area (Å²) in [5.74, 6) is 0.393. The van der Waals surface area contributed by atoms with Crippen LogP contribution in [0, 0.1) is 11.7 Å². The maximum Gasteiger partial charge on any atom is 0.417 e. The summed E-state index contributed by atoms with van der Waals surface area (Å²) in [6.45, 7) is 3.07. The molecule has 2 aromatic rings. The largest absolute Gasteiger partial charge is 0.417 e. The molecule has 0 heterocycles. The third-order valence-corrected chi connectivity index (χ3v) is 3.22. The number of alkyl halides is 3. The SMILES string of the molecule is C/C(=N\Oc1ccc(Cl)cc1)c1ccc(C)cc1C(F)(F)F.N=S(=O)=O. The molecule has 0 aliphatic heterocycles. The van der Waals surface area contributed by atoms with Gasteiger partial charge in [-0.1, -0.05) is 34.5 Å². The van der Waals surface area contributed by atoms with Gasteiger partial charge in [0.15, 0.2) is 5.75 Å². The molecule has 0 fully saturated rings. The Balaban J connectivity index is 0.000000765. The van der Waals surface area contributed by atoms with Crippen LogP contribution in [0.3, 0.4) is 0 Å². The van der Waals surface area contributed by atoms with Crippen LogP contribution < -0.4 is 4.84 Å². The molecule has 0 radical (unpaired) electrons. The fourth-order valence-corrected chi connectivity index (χ4v) is 2.00. The van der Waals surface area contributed by atoms with Gasteiger partial charge in [-0.25, -0.2) is 0 Å². The fraction of sp³-hybridized carbons (Fsp3) is 0.188. The molecule has 1 N–H and O–H groups in total. The first-order valence-electron chi connectivity index (χ1n) is 6.96. The van der Waals surface area contributed by atoms with E-state index in [0.29, 0.717) is 16.3 Å². The summed E-state index contributed by atoms with van der Waals surface area (Å²) in [7, 11) is -2.61. The lowest BCUT2D eigenvalue weighted by Crippen LogP contribution is -2.13. The van der Waals surface area contributed by atoms with Crippen LogP contribution in [-0.4, -0.2) is 14.1 Å². The van der Waals surface area contributed by atoms with E-state index in [4.69, 9.17) is 29.6 Å². The van der Waals surface area contributed by atoms with Crippen LogP contribution in [-0.2, 0) is 16.7 Å². The number of nitrogens with one attached hydrogen (secondary N) is 1. The van der Waals surface area contributed by atoms with E-state index in [-0.39, 0.29) is 11.3 Å². The molecule has 0 aliphatic rings. The highest BCUT2D eigenvalue weighted by molar-refractivity contribution is 7.60. The number of oxime groups is 1. The highest BCUT2D eigenvalue weighted by atomic mass is 35.5. The number of aryl methyl sites for hydroxylation is 1. The van der Waals surface area contributed by atoms with E-state index in [9.17, 15) is 13.2 Å². The molecule has 2 aromatic carbocycles. The van der Waals surface area contributed by atoms with Gasteiger partial charge in [0.05, 0.1) is 11.3 Å². The average Bonchev–Trinajstić information content (AvgIpc) is 2.52. The number of nitrogens with zero attached hydrogens (tertiary/aromatic N) is 1. The Labute approximate surface area is 154 Å². The Hall–Kier alpha value is -2.39. The highest BCUT2D eigenvalue weighted by Crippen LogP contribution is 2.33. The van der Waals surface area contributed by atoms with Gasteiger partial charge in [0.1, 0.15) is 0 Å². The summed E-state index contributed by atoms with van der Waals surface area (Å²) >= 11 is 5.74. The first kappa shape index (κ1) is 21.7. The summed E-state index contributed by atoms with van der Waals surface area (Å²) < 4.78 is 62.1. The van der Waals surface area contributed by atoms with Crippen molar-refractivity contribution in [1.29, 1.82) is 4.78 Å². The zero-order valence-corrected chi connectivity index (χ0v) is 15.2. The number of hydrogen-bond acceptors (Lipinski definition) is 5. The van der Waals surface area contributed by atoms with Crippen molar-refractivity contribution in [2.75, 3.05) is 0 Å². The standard InChI is InChI=1S/C16H13ClF3NO.HNO2S/c1-10-3-8-14(15(9-10)16(18,19)20)11(2)21-22-13-6-4-12(17)5-7-13;1-4(2)3/h3-9H,1-2H3;1H/b21-11+;. The van der Waals surface area contributed by atoms with Crippen LogP contribution in [0.5, 0.6) is 5.75 Å². The lowest BCUT2D eigenvalue weighted by atomic mass is 10.0. The summed E-state index contributed by atoms with van der Waals surface area (Å²) in [6.07, 6.45) is -4.45. The zero-order valence-electron chi connectivity index (χ0n) is 13.6. The molecule has 26 heavy (non-hydrogen) atoms. The van der Waals surface area contributed by atoms with E-state index in [1.54, 1.807) is 37.3 Å². The minimum atomic E-state index is -4.45. The second-order valence-electron chi connectivity index (χ2n) is 5.00. The first-order chi connectivity index (χ1) is 12.0. The van der Waals surface area contributed by atoms with Gasteiger partial charge in [0, 0.05) is 10.6 Å². The van der Waals surface area contributed by atoms with E-state index in [0.717, 1.165) is 6.07 Å². The van der Waals surface area contributed by atoms with Gasteiger partial charge in [-0.3, -0.25) is 0 Å². The Morgan fingerprint density at radius 1 is 1.15 bits per heavy atom. The van der Waals surface area contributed by atoms with Gasteiger partial charge < -0.3 is 4.84 Å². The van der Waals surface area contributed by atoms with Gasteiger partial charge in [-0.05, 0) is 44.2 Å². The predicted octanol–water partition coefficient (Wildman–Crippen LogP) is 5.10. The third kappa shape index (κ3) is 7.24. The number of benzene rings is 2. The van der Waals surface area contributed by atoms with E-state index in [2.05, 4.69) is 5.16 Å². The first-order valence-corrected chi connectivity index (χ1v) is 8.42. The highest BCUT2D eigenvalue weighted by Gasteiger charge is 2.34. The van der Waals surface area contributed by atoms with Crippen LogP contribution in [0.15, 0.2) is 47.6 Å². The van der Waals surface area contributed by atoms with Crippen molar-refractivity contribution in [2.24, 2.45) is 5.16 Å². The summed E-state index contributed by atoms with van der Waals surface area (Å²) in [5.41, 5.74) is -0.0645. The van der Waals surface area contributed by atoms with Crippen molar-refractivity contribution < 1.29 is 26.4 Å². The number of halogens is 4. The molecule has 0 unspecified atom stereocenters. The van der Waals surface area contributed by atoms with Crippen molar-refractivity contribution >= 4 is 27.8 Å². The summed E-state index contributed by atoms with van der Waals surface area (Å²) in [6, 6.07) is 10.5. The van der Waals surface area contributed by atoms with E-state index >= 15 is 0 Å². The van der Waals surface area contributed by atoms with Gasteiger partial charge in [0.2, 0.25) is 0 Å². The minimum Gasteiger partial charge on any atom is -0.357 e. The van der Waals surface area contributed by atoms with Crippen molar-refractivity contribution in [3.8, 4) is 5.75 Å². The Bertz CT molecular complexity index is 890. The van der Waals surface area contributed by atoms with Crippen molar-refractivity contribution in [3.63, 3.8) is 0 Å². The normalized spacial score (nSPS) is 11.4. The molecule has 0 bridgehead atoms. The Morgan fingerprint density at radius 2 is 1.69 bits per heavy atom. The van der Waals surface area contributed by atoms with Gasteiger partial charge in [0.25, 0.3) is 0 Å². The molecule has 0 spiro atoms. The molecular weight excluding hydrogens is 393 g/mol. The monoisotopic (exact) mass is 406 g/mol. The van der Waals surface area contributed by atoms with Crippen LogP contribution in [0.2, 0.25) is 5.02 Å². The second-order valence-corrected chi connectivity index (χ2v) is 5.91. The Morgan fingerprint density at radius 3 is 2.19 bits per heavy atom. The van der Waals surface area contributed by atoms with E-state index < -0.39 is 22.2 Å². The smallest absolute Gasteiger partial charge is 0.357 e. The molecule has 0 aliphatic carbocycles. The van der Waals surface area contributed by atoms with Crippen LogP contribution in [0.1, 0.15) is 23.6 Å². The second kappa shape index (κ2) is 9.35. The van der Waals surface area contributed by atoms with Gasteiger partial charge in [-0.15, -0.1) is 0 Å². The number of hydrogen-bond donors (Lipinski definition) is 1. The topological polar surface area (TPSA) is 79.6 Å². The van der Waals surface area contributed by atoms with E-state index in [1.165, 1.54) is 13.0 Å². The molecule has 0 aromatic heterocycles. The van der Waals surface area contributed by atoms with Crippen LogP contribution in [0.4, 0.5) is 13.2 Å². The molecule has 0 atom stereocenters. The van der Waals surface area contributed by atoms with Crippen molar-refractivity contribution in [3.05, 3.63) is 64.2 Å². The maximum atomic E-state index is 13.1. The maximum absolute atomic E-state index is 13.1. The van der Waals surface area contributed by atoms with Gasteiger partial charge in [-0.2, -0.15) is 26.4 Å². The van der Waals surface area contributed by atoms with Crippen molar-refractivity contribution in [1.82, 2.24) is 0 Å². The predicted molar refractivity (Wildman–Crippen MR) is 92.1 cm³/mol. The quantitative estimate of drug-likeness (QED) is 0.569.